The maximum Gasteiger partial charge on any atom is 0.329 e. The molecule has 1 unspecified atom stereocenters. The second-order valence-corrected chi connectivity index (χ2v) is 8.44. The molecule has 166 valence electrons. The van der Waals surface area contributed by atoms with Crippen LogP contribution in [-0.2, 0) is 14.3 Å². The number of aromatic nitrogens is 3. The summed E-state index contributed by atoms with van der Waals surface area (Å²) in [5, 5.41) is 13.9. The van der Waals surface area contributed by atoms with Gasteiger partial charge in [0.15, 0.2) is 16.9 Å². The minimum Gasteiger partial charge on any atom is -0.468 e. The van der Waals surface area contributed by atoms with Gasteiger partial charge in [0.1, 0.15) is 5.69 Å². The summed E-state index contributed by atoms with van der Waals surface area (Å²) in [4.78, 5) is 28.4. The molecule has 9 nitrogen and oxygen atoms in total. The number of nitrogens with one attached hydrogen (secondary N) is 1. The van der Waals surface area contributed by atoms with Crippen LogP contribution in [0.25, 0.3) is 21.3 Å². The molecule has 1 aliphatic rings. The molecule has 0 bridgehead atoms. The average molecular weight is 461 g/mol. The Kier molecular flexibility index (Phi) is 5.73. The SMILES string of the molecule is COC(=O)C(C#N)c1nc2ccccc2nc1Nc1ccc2nc(N3CCOCC3)sc2c1. The third-order valence-corrected chi connectivity index (χ3v) is 6.44. The number of hydrogen-bond acceptors (Lipinski definition) is 10. The molecule has 33 heavy (non-hydrogen) atoms. The van der Waals surface area contributed by atoms with Crippen molar-refractivity contribution in [1.29, 1.82) is 5.26 Å². The van der Waals surface area contributed by atoms with Crippen LogP contribution >= 0.6 is 11.3 Å². The van der Waals surface area contributed by atoms with Crippen molar-refractivity contribution in [3.63, 3.8) is 0 Å². The summed E-state index contributed by atoms with van der Waals surface area (Å²) >= 11 is 1.61. The van der Waals surface area contributed by atoms with Gasteiger partial charge in [0, 0.05) is 18.8 Å². The number of ether oxygens (including phenoxy) is 2. The Morgan fingerprint density at radius 1 is 1.15 bits per heavy atom. The van der Waals surface area contributed by atoms with Crippen LogP contribution in [-0.4, -0.2) is 54.3 Å². The van der Waals surface area contributed by atoms with Crippen molar-refractivity contribution >= 4 is 55.2 Å². The van der Waals surface area contributed by atoms with Crippen molar-refractivity contribution in [3.8, 4) is 6.07 Å². The number of para-hydroxylation sites is 2. The Morgan fingerprint density at radius 2 is 1.91 bits per heavy atom. The predicted molar refractivity (Wildman–Crippen MR) is 126 cm³/mol. The fraction of sp³-hybridized carbons (Fsp3) is 0.261. The monoisotopic (exact) mass is 460 g/mol. The van der Waals surface area contributed by atoms with E-state index in [2.05, 4.69) is 20.2 Å². The lowest BCUT2D eigenvalue weighted by Crippen LogP contribution is -2.36. The van der Waals surface area contributed by atoms with E-state index in [1.807, 2.05) is 42.5 Å². The number of carbonyl (C=O) groups is 1. The Balaban J connectivity index is 1.53. The molecule has 2 aromatic carbocycles. The molecule has 1 atom stereocenters. The zero-order valence-electron chi connectivity index (χ0n) is 17.8. The van der Waals surface area contributed by atoms with E-state index in [1.54, 1.807) is 17.4 Å². The molecule has 0 amide bonds. The number of thiazole rings is 1. The summed E-state index contributed by atoms with van der Waals surface area (Å²) in [5.74, 6) is -1.55. The molecule has 3 heterocycles. The lowest BCUT2D eigenvalue weighted by atomic mass is 10.1. The summed E-state index contributed by atoms with van der Waals surface area (Å²) in [6, 6.07) is 15.1. The maximum atomic E-state index is 12.3. The fourth-order valence-electron chi connectivity index (χ4n) is 3.67. The molecule has 10 heteroatoms. The number of anilines is 3. The average Bonchev–Trinajstić information content (AvgIpc) is 3.28. The minimum atomic E-state index is -1.20. The van der Waals surface area contributed by atoms with Gasteiger partial charge >= 0.3 is 5.97 Å². The normalized spacial score (nSPS) is 14.7. The predicted octanol–water partition coefficient (Wildman–Crippen LogP) is 3.60. The van der Waals surface area contributed by atoms with Gasteiger partial charge in [-0.3, -0.25) is 4.79 Å². The molecule has 1 saturated heterocycles. The molecular formula is C23H20N6O3S. The van der Waals surface area contributed by atoms with Crippen LogP contribution in [0, 0.1) is 11.3 Å². The van der Waals surface area contributed by atoms with Crippen LogP contribution in [0.1, 0.15) is 11.6 Å². The van der Waals surface area contributed by atoms with Crippen molar-refractivity contribution in [3.05, 3.63) is 48.2 Å². The van der Waals surface area contributed by atoms with Crippen LogP contribution in [0.15, 0.2) is 42.5 Å². The maximum absolute atomic E-state index is 12.3. The molecular weight excluding hydrogens is 440 g/mol. The van der Waals surface area contributed by atoms with E-state index in [9.17, 15) is 10.1 Å². The standard InChI is InChI=1S/C23H20N6O3S/c1-31-22(30)15(13-24)20-21(27-17-5-3-2-4-16(17)26-20)25-14-6-7-18-19(12-14)33-23(28-18)29-8-10-32-11-9-29/h2-7,12,15H,8-11H2,1H3,(H,25,27). The van der Waals surface area contributed by atoms with E-state index in [4.69, 9.17) is 14.5 Å². The molecule has 0 radical (unpaired) electrons. The van der Waals surface area contributed by atoms with E-state index in [-0.39, 0.29) is 5.69 Å². The first-order chi connectivity index (χ1) is 16.2. The smallest absolute Gasteiger partial charge is 0.329 e. The summed E-state index contributed by atoms with van der Waals surface area (Å²) in [7, 11) is 1.25. The first kappa shape index (κ1) is 21.1. The number of benzene rings is 2. The third kappa shape index (κ3) is 4.16. The molecule has 2 aromatic heterocycles. The summed E-state index contributed by atoms with van der Waals surface area (Å²) < 4.78 is 11.3. The van der Waals surface area contributed by atoms with Gasteiger partial charge in [-0.15, -0.1) is 0 Å². The van der Waals surface area contributed by atoms with Gasteiger partial charge in [-0.25, -0.2) is 15.0 Å². The van der Waals surface area contributed by atoms with Gasteiger partial charge < -0.3 is 19.7 Å². The van der Waals surface area contributed by atoms with Crippen LogP contribution in [0.5, 0.6) is 0 Å². The molecule has 4 aromatic rings. The second kappa shape index (κ2) is 8.97. The molecule has 1 N–H and O–H groups in total. The topological polar surface area (TPSA) is 113 Å². The molecule has 0 aliphatic carbocycles. The van der Waals surface area contributed by atoms with Crippen molar-refractivity contribution in [2.75, 3.05) is 43.6 Å². The van der Waals surface area contributed by atoms with Gasteiger partial charge in [-0.05, 0) is 30.3 Å². The lowest BCUT2D eigenvalue weighted by Gasteiger charge is -2.25. The lowest BCUT2D eigenvalue weighted by molar-refractivity contribution is -0.141. The third-order valence-electron chi connectivity index (χ3n) is 5.36. The van der Waals surface area contributed by atoms with Crippen molar-refractivity contribution in [2.24, 2.45) is 0 Å². The van der Waals surface area contributed by atoms with Gasteiger partial charge in [0.25, 0.3) is 0 Å². The van der Waals surface area contributed by atoms with Crippen LogP contribution in [0.3, 0.4) is 0 Å². The van der Waals surface area contributed by atoms with Gasteiger partial charge in [0.2, 0.25) is 0 Å². The van der Waals surface area contributed by atoms with Crippen molar-refractivity contribution in [2.45, 2.75) is 5.92 Å². The Labute approximate surface area is 193 Å². The van der Waals surface area contributed by atoms with E-state index in [1.165, 1.54) is 7.11 Å². The van der Waals surface area contributed by atoms with Crippen LogP contribution < -0.4 is 10.2 Å². The quantitative estimate of drug-likeness (QED) is 0.446. The Hall–Kier alpha value is -3.81. The highest BCUT2D eigenvalue weighted by Crippen LogP contribution is 2.33. The van der Waals surface area contributed by atoms with Crippen molar-refractivity contribution in [1.82, 2.24) is 15.0 Å². The zero-order valence-corrected chi connectivity index (χ0v) is 18.6. The minimum absolute atomic E-state index is 0.224. The molecule has 1 aliphatic heterocycles. The number of fused-ring (bicyclic) bond motifs is 2. The van der Waals surface area contributed by atoms with Gasteiger partial charge in [0.05, 0.1) is 47.6 Å². The Bertz CT molecular complexity index is 1380. The number of morpholine rings is 1. The number of hydrogen-bond donors (Lipinski definition) is 1. The van der Waals surface area contributed by atoms with E-state index >= 15 is 0 Å². The zero-order chi connectivity index (χ0) is 22.8. The number of carbonyl (C=O) groups excluding carboxylic acids is 1. The highest BCUT2D eigenvalue weighted by molar-refractivity contribution is 7.22. The highest BCUT2D eigenvalue weighted by Gasteiger charge is 2.27. The molecule has 0 spiro atoms. The van der Waals surface area contributed by atoms with Crippen LogP contribution in [0.4, 0.5) is 16.6 Å². The fourth-order valence-corrected chi connectivity index (χ4v) is 4.72. The van der Waals surface area contributed by atoms with Gasteiger partial charge in [-0.2, -0.15) is 5.26 Å². The molecule has 5 rings (SSSR count). The Morgan fingerprint density at radius 3 is 2.64 bits per heavy atom. The number of esters is 1. The number of nitriles is 1. The largest absolute Gasteiger partial charge is 0.468 e. The van der Waals surface area contributed by atoms with Crippen molar-refractivity contribution < 1.29 is 14.3 Å². The van der Waals surface area contributed by atoms with E-state index < -0.39 is 11.9 Å². The molecule has 1 fully saturated rings. The number of nitrogens with zero attached hydrogens (tertiary/aromatic N) is 5. The van der Waals surface area contributed by atoms with E-state index in [0.29, 0.717) is 30.1 Å². The number of rotatable bonds is 5. The summed E-state index contributed by atoms with van der Waals surface area (Å²) in [6.45, 7) is 3.05. The number of methoxy groups -OCH3 is 1. The van der Waals surface area contributed by atoms with Crippen LogP contribution in [0.2, 0.25) is 0 Å². The summed E-state index contributed by atoms with van der Waals surface area (Å²) in [6.07, 6.45) is 0. The van der Waals surface area contributed by atoms with Gasteiger partial charge in [-0.1, -0.05) is 23.5 Å². The van der Waals surface area contributed by atoms with E-state index in [0.717, 1.165) is 34.1 Å². The first-order valence-corrected chi connectivity index (χ1v) is 11.2. The summed E-state index contributed by atoms with van der Waals surface area (Å²) in [5.41, 5.74) is 3.13. The highest BCUT2D eigenvalue weighted by atomic mass is 32.1. The molecule has 0 saturated carbocycles. The first-order valence-electron chi connectivity index (χ1n) is 10.4. The second-order valence-electron chi connectivity index (χ2n) is 7.43.